The number of nitrogens with one attached hydrogen (secondary N) is 3. The zero-order valence-electron chi connectivity index (χ0n) is 15.7. The summed E-state index contributed by atoms with van der Waals surface area (Å²) in [5, 5.41) is 18.2. The van der Waals surface area contributed by atoms with Crippen LogP contribution in [-0.2, 0) is 9.59 Å². The lowest BCUT2D eigenvalue weighted by Gasteiger charge is -2.23. The predicted molar refractivity (Wildman–Crippen MR) is 107 cm³/mol. The Bertz CT molecular complexity index is 840. The maximum atomic E-state index is 12.8. The highest BCUT2D eigenvalue weighted by atomic mass is 16.2. The van der Waals surface area contributed by atoms with Crippen molar-refractivity contribution in [2.75, 3.05) is 11.9 Å². The average molecular weight is 376 g/mol. The van der Waals surface area contributed by atoms with Gasteiger partial charge in [0.15, 0.2) is 0 Å². The normalized spacial score (nSPS) is 16.0. The van der Waals surface area contributed by atoms with Gasteiger partial charge in [0.1, 0.15) is 11.6 Å². The minimum absolute atomic E-state index is 0.0504. The van der Waals surface area contributed by atoms with Crippen molar-refractivity contribution in [3.05, 3.63) is 66.2 Å². The van der Waals surface area contributed by atoms with Crippen molar-refractivity contribution < 1.29 is 9.59 Å². The molecule has 2 aromatic rings. The molecule has 0 bridgehead atoms. The van der Waals surface area contributed by atoms with Crippen LogP contribution in [0, 0.1) is 11.3 Å². The standard InChI is InChI=1S/C22H24N4O2/c23-16-22(13-7-8-14-22)26-19(27)15-24-20(17-9-3-1-4-10-17)21(28)25-18-11-5-2-6-12-18/h1-6,9-12,20,24H,7-8,13-15H2,(H,25,28)(H,26,27)/t20-/m1/s1. The lowest BCUT2D eigenvalue weighted by molar-refractivity contribution is -0.122. The largest absolute Gasteiger partial charge is 0.337 e. The number of hydrogen-bond acceptors (Lipinski definition) is 4. The van der Waals surface area contributed by atoms with Crippen LogP contribution in [-0.4, -0.2) is 23.9 Å². The summed E-state index contributed by atoms with van der Waals surface area (Å²) in [6.07, 6.45) is 3.22. The summed E-state index contributed by atoms with van der Waals surface area (Å²) in [5.74, 6) is -0.530. The van der Waals surface area contributed by atoms with Gasteiger partial charge < -0.3 is 10.6 Å². The van der Waals surface area contributed by atoms with E-state index in [9.17, 15) is 14.9 Å². The molecule has 1 atom stereocenters. The van der Waals surface area contributed by atoms with Gasteiger partial charge in [0.05, 0.1) is 12.6 Å². The molecule has 2 aromatic carbocycles. The molecule has 3 N–H and O–H groups in total. The maximum Gasteiger partial charge on any atom is 0.246 e. The van der Waals surface area contributed by atoms with Crippen molar-refractivity contribution >= 4 is 17.5 Å². The van der Waals surface area contributed by atoms with E-state index in [1.165, 1.54) is 0 Å². The van der Waals surface area contributed by atoms with E-state index < -0.39 is 11.6 Å². The third kappa shape index (κ3) is 4.96. The fraction of sp³-hybridized carbons (Fsp3) is 0.318. The van der Waals surface area contributed by atoms with Gasteiger partial charge in [0.2, 0.25) is 11.8 Å². The number of anilines is 1. The van der Waals surface area contributed by atoms with E-state index in [2.05, 4.69) is 22.0 Å². The Hall–Kier alpha value is -3.17. The molecule has 1 fully saturated rings. The fourth-order valence-corrected chi connectivity index (χ4v) is 3.49. The summed E-state index contributed by atoms with van der Waals surface area (Å²) >= 11 is 0. The molecule has 0 heterocycles. The molecule has 2 amide bonds. The monoisotopic (exact) mass is 376 g/mol. The van der Waals surface area contributed by atoms with E-state index in [1.807, 2.05) is 60.7 Å². The molecule has 3 rings (SSSR count). The van der Waals surface area contributed by atoms with Crippen molar-refractivity contribution in [3.8, 4) is 6.07 Å². The number of carbonyl (C=O) groups excluding carboxylic acids is 2. The number of rotatable bonds is 7. The Balaban J connectivity index is 1.67. The molecule has 1 saturated carbocycles. The summed E-state index contributed by atoms with van der Waals surface area (Å²) in [7, 11) is 0. The molecule has 0 radical (unpaired) electrons. The van der Waals surface area contributed by atoms with E-state index >= 15 is 0 Å². The summed E-state index contributed by atoms with van der Waals surface area (Å²) in [6.45, 7) is -0.0504. The quantitative estimate of drug-likeness (QED) is 0.693. The molecule has 0 unspecified atom stereocenters. The predicted octanol–water partition coefficient (Wildman–Crippen LogP) is 2.91. The lowest BCUT2D eigenvalue weighted by atomic mass is 10.00. The van der Waals surface area contributed by atoms with Crippen molar-refractivity contribution in [2.45, 2.75) is 37.3 Å². The van der Waals surface area contributed by atoms with Crippen molar-refractivity contribution in [1.82, 2.24) is 10.6 Å². The van der Waals surface area contributed by atoms with Gasteiger partial charge in [-0.3, -0.25) is 14.9 Å². The first kappa shape index (κ1) is 19.6. The second kappa shape index (κ2) is 9.16. The Labute approximate surface area is 164 Å². The van der Waals surface area contributed by atoms with E-state index in [0.717, 1.165) is 18.4 Å². The number of carbonyl (C=O) groups is 2. The molecular formula is C22H24N4O2. The summed E-state index contributed by atoms with van der Waals surface area (Å²) in [6, 6.07) is 20.0. The number of hydrogen-bond donors (Lipinski definition) is 3. The van der Waals surface area contributed by atoms with Gasteiger partial charge in [0, 0.05) is 5.69 Å². The van der Waals surface area contributed by atoms with Crippen molar-refractivity contribution in [2.24, 2.45) is 0 Å². The van der Waals surface area contributed by atoms with Gasteiger partial charge in [-0.15, -0.1) is 0 Å². The van der Waals surface area contributed by atoms with Gasteiger partial charge in [-0.1, -0.05) is 48.5 Å². The van der Waals surface area contributed by atoms with Crippen molar-refractivity contribution in [3.63, 3.8) is 0 Å². The smallest absolute Gasteiger partial charge is 0.246 e. The third-order valence-corrected chi connectivity index (χ3v) is 4.95. The van der Waals surface area contributed by atoms with Gasteiger partial charge in [0.25, 0.3) is 0 Å². The first-order valence-electron chi connectivity index (χ1n) is 9.48. The zero-order valence-corrected chi connectivity index (χ0v) is 15.7. The Morgan fingerprint density at radius 2 is 1.61 bits per heavy atom. The molecule has 28 heavy (non-hydrogen) atoms. The summed E-state index contributed by atoms with van der Waals surface area (Å²) in [4.78, 5) is 25.3. The molecule has 6 nitrogen and oxygen atoms in total. The average Bonchev–Trinajstić information content (AvgIpc) is 3.18. The van der Waals surface area contributed by atoms with E-state index in [0.29, 0.717) is 18.5 Å². The van der Waals surface area contributed by atoms with Crippen LogP contribution in [0.15, 0.2) is 60.7 Å². The molecule has 1 aliphatic carbocycles. The van der Waals surface area contributed by atoms with Crippen molar-refractivity contribution in [1.29, 1.82) is 5.26 Å². The van der Waals surface area contributed by atoms with Gasteiger partial charge in [-0.05, 0) is 43.4 Å². The fourth-order valence-electron chi connectivity index (χ4n) is 3.49. The number of nitrogens with zero attached hydrogens (tertiary/aromatic N) is 1. The second-order valence-electron chi connectivity index (χ2n) is 7.03. The number of benzene rings is 2. The van der Waals surface area contributed by atoms with Crippen LogP contribution in [0.2, 0.25) is 0 Å². The van der Waals surface area contributed by atoms with Crippen LogP contribution < -0.4 is 16.0 Å². The first-order chi connectivity index (χ1) is 13.6. The second-order valence-corrected chi connectivity index (χ2v) is 7.03. The van der Waals surface area contributed by atoms with Crippen LogP contribution in [0.3, 0.4) is 0 Å². The zero-order chi connectivity index (χ0) is 19.8. The lowest BCUT2D eigenvalue weighted by Crippen LogP contribution is -2.49. The summed E-state index contributed by atoms with van der Waals surface area (Å²) < 4.78 is 0. The van der Waals surface area contributed by atoms with Gasteiger partial charge in [-0.2, -0.15) is 5.26 Å². The van der Waals surface area contributed by atoms with Crippen LogP contribution in [0.4, 0.5) is 5.69 Å². The maximum absolute atomic E-state index is 12.8. The number of para-hydroxylation sites is 1. The Morgan fingerprint density at radius 3 is 2.21 bits per heavy atom. The third-order valence-electron chi connectivity index (χ3n) is 4.95. The highest BCUT2D eigenvalue weighted by molar-refractivity contribution is 5.96. The molecule has 0 saturated heterocycles. The topological polar surface area (TPSA) is 94.0 Å². The Kier molecular flexibility index (Phi) is 6.41. The molecule has 1 aliphatic rings. The van der Waals surface area contributed by atoms with Gasteiger partial charge >= 0.3 is 0 Å². The van der Waals surface area contributed by atoms with Crippen LogP contribution in [0.5, 0.6) is 0 Å². The molecule has 144 valence electrons. The van der Waals surface area contributed by atoms with E-state index in [1.54, 1.807) is 0 Å². The van der Waals surface area contributed by atoms with Crippen LogP contribution in [0.25, 0.3) is 0 Å². The first-order valence-corrected chi connectivity index (χ1v) is 9.48. The minimum atomic E-state index is -0.771. The highest BCUT2D eigenvalue weighted by Gasteiger charge is 2.35. The molecule has 6 heteroatoms. The molecule has 0 spiro atoms. The molecule has 0 aromatic heterocycles. The molecule has 0 aliphatic heterocycles. The van der Waals surface area contributed by atoms with Crippen LogP contribution >= 0.6 is 0 Å². The van der Waals surface area contributed by atoms with Gasteiger partial charge in [-0.25, -0.2) is 0 Å². The minimum Gasteiger partial charge on any atom is -0.337 e. The highest BCUT2D eigenvalue weighted by Crippen LogP contribution is 2.28. The van der Waals surface area contributed by atoms with E-state index in [-0.39, 0.29) is 18.4 Å². The number of nitriles is 1. The SMILES string of the molecule is N#CC1(NC(=O)CN[C@@H](C(=O)Nc2ccccc2)c2ccccc2)CCCC1. The summed E-state index contributed by atoms with van der Waals surface area (Å²) in [5.41, 5.74) is 0.682. The Morgan fingerprint density at radius 1 is 1.00 bits per heavy atom. The number of amides is 2. The van der Waals surface area contributed by atoms with E-state index in [4.69, 9.17) is 0 Å². The van der Waals surface area contributed by atoms with Crippen LogP contribution in [0.1, 0.15) is 37.3 Å². The molecular weight excluding hydrogens is 352 g/mol.